The predicted octanol–water partition coefficient (Wildman–Crippen LogP) is 2.26. The van der Waals surface area contributed by atoms with Gasteiger partial charge < -0.3 is 10.5 Å². The number of hydrogen-bond acceptors (Lipinski definition) is 3. The molecular formula is C17H26N2O. The normalized spacial score (nSPS) is 33.0. The van der Waals surface area contributed by atoms with Crippen molar-refractivity contribution in [3.8, 4) is 0 Å². The molecule has 3 heteroatoms. The highest BCUT2D eigenvalue weighted by Gasteiger charge is 2.65. The van der Waals surface area contributed by atoms with Gasteiger partial charge in [0.15, 0.2) is 0 Å². The maximum absolute atomic E-state index is 6.08. The highest BCUT2D eigenvalue weighted by molar-refractivity contribution is 5.17. The summed E-state index contributed by atoms with van der Waals surface area (Å²) in [4.78, 5) is 2.51. The molecule has 0 aromatic heterocycles. The zero-order valence-corrected chi connectivity index (χ0v) is 12.6. The van der Waals surface area contributed by atoms with E-state index in [1.807, 2.05) is 0 Å². The first-order valence-corrected chi connectivity index (χ1v) is 7.65. The molecule has 1 heterocycles. The number of morpholine rings is 1. The van der Waals surface area contributed by atoms with Gasteiger partial charge in [-0.1, -0.05) is 44.2 Å². The molecule has 1 saturated heterocycles. The first-order valence-electron chi connectivity index (χ1n) is 7.65. The Balaban J connectivity index is 1.66. The zero-order chi connectivity index (χ0) is 14.2. The topological polar surface area (TPSA) is 38.5 Å². The van der Waals surface area contributed by atoms with Gasteiger partial charge in [-0.3, -0.25) is 4.90 Å². The number of benzene rings is 1. The van der Waals surface area contributed by atoms with Crippen molar-refractivity contribution in [3.63, 3.8) is 0 Å². The average Bonchev–Trinajstić information content (AvgIpc) is 3.04. The van der Waals surface area contributed by atoms with Crippen molar-refractivity contribution in [2.24, 2.45) is 16.6 Å². The Labute approximate surface area is 122 Å². The van der Waals surface area contributed by atoms with Gasteiger partial charge in [0.1, 0.15) is 0 Å². The summed E-state index contributed by atoms with van der Waals surface area (Å²) in [6.45, 7) is 9.25. The van der Waals surface area contributed by atoms with Crippen LogP contribution in [0.4, 0.5) is 0 Å². The van der Waals surface area contributed by atoms with Gasteiger partial charge in [0.25, 0.3) is 0 Å². The van der Waals surface area contributed by atoms with E-state index in [9.17, 15) is 0 Å². The van der Waals surface area contributed by atoms with Gasteiger partial charge in [0, 0.05) is 31.6 Å². The Hall–Kier alpha value is -0.900. The van der Waals surface area contributed by atoms with E-state index in [4.69, 9.17) is 10.5 Å². The number of rotatable bonds is 4. The van der Waals surface area contributed by atoms with E-state index in [2.05, 4.69) is 49.1 Å². The van der Waals surface area contributed by atoms with Crippen molar-refractivity contribution >= 4 is 0 Å². The van der Waals surface area contributed by atoms with Crippen LogP contribution in [0, 0.1) is 10.8 Å². The molecule has 2 N–H and O–H groups in total. The molecule has 2 aliphatic rings. The molecule has 1 aromatic rings. The average molecular weight is 274 g/mol. The second kappa shape index (κ2) is 5.14. The van der Waals surface area contributed by atoms with E-state index in [1.54, 1.807) is 0 Å². The van der Waals surface area contributed by atoms with Crippen molar-refractivity contribution in [1.82, 2.24) is 4.90 Å². The van der Waals surface area contributed by atoms with Crippen LogP contribution in [0.25, 0.3) is 0 Å². The lowest BCUT2D eigenvalue weighted by atomic mass is 9.88. The van der Waals surface area contributed by atoms with Crippen LogP contribution < -0.4 is 5.73 Å². The molecule has 1 aliphatic carbocycles. The molecule has 0 amide bonds. The maximum atomic E-state index is 6.08. The number of hydrogen-bond donors (Lipinski definition) is 1. The Kier molecular flexibility index (Phi) is 3.61. The quantitative estimate of drug-likeness (QED) is 0.915. The standard InChI is InChI=1S/C17H26N2O/c1-16(2)12-17(16,13-18)15-11-19(8-9-20-15)10-14-6-4-3-5-7-14/h3-7,15H,8-13,18H2,1-2H3. The molecule has 0 spiro atoms. The van der Waals surface area contributed by atoms with Crippen LogP contribution in [-0.2, 0) is 11.3 Å². The Morgan fingerprint density at radius 1 is 1.30 bits per heavy atom. The summed E-state index contributed by atoms with van der Waals surface area (Å²) in [6, 6.07) is 10.7. The summed E-state index contributed by atoms with van der Waals surface area (Å²) in [5.41, 5.74) is 7.99. The third-order valence-corrected chi connectivity index (χ3v) is 5.36. The molecule has 1 saturated carbocycles. The molecule has 2 fully saturated rings. The molecule has 3 rings (SSSR count). The van der Waals surface area contributed by atoms with Gasteiger partial charge in [-0.15, -0.1) is 0 Å². The maximum Gasteiger partial charge on any atom is 0.0776 e. The summed E-state index contributed by atoms with van der Waals surface area (Å²) in [5.74, 6) is 0. The van der Waals surface area contributed by atoms with Crippen molar-refractivity contribution in [2.75, 3.05) is 26.2 Å². The lowest BCUT2D eigenvalue weighted by Crippen LogP contribution is -2.49. The zero-order valence-electron chi connectivity index (χ0n) is 12.6. The molecule has 20 heavy (non-hydrogen) atoms. The van der Waals surface area contributed by atoms with Gasteiger partial charge in [-0.2, -0.15) is 0 Å². The van der Waals surface area contributed by atoms with Crippen LogP contribution in [0.3, 0.4) is 0 Å². The first kappa shape index (κ1) is 14.1. The van der Waals surface area contributed by atoms with Crippen LogP contribution in [0.1, 0.15) is 25.8 Å². The second-order valence-corrected chi connectivity index (χ2v) is 7.00. The lowest BCUT2D eigenvalue weighted by molar-refractivity contribution is -0.0743. The molecule has 2 atom stereocenters. The summed E-state index contributed by atoms with van der Waals surface area (Å²) < 4.78 is 6.08. The largest absolute Gasteiger partial charge is 0.375 e. The molecule has 1 aromatic carbocycles. The van der Waals surface area contributed by atoms with Crippen LogP contribution in [0.2, 0.25) is 0 Å². The first-order chi connectivity index (χ1) is 9.57. The molecular weight excluding hydrogens is 248 g/mol. The van der Waals surface area contributed by atoms with Gasteiger partial charge in [0.05, 0.1) is 12.7 Å². The minimum atomic E-state index is 0.197. The lowest BCUT2D eigenvalue weighted by Gasteiger charge is -2.38. The molecule has 110 valence electrons. The van der Waals surface area contributed by atoms with E-state index in [1.165, 1.54) is 12.0 Å². The minimum Gasteiger partial charge on any atom is -0.375 e. The third-order valence-electron chi connectivity index (χ3n) is 5.36. The van der Waals surface area contributed by atoms with Gasteiger partial charge in [-0.05, 0) is 17.4 Å². The highest BCUT2D eigenvalue weighted by atomic mass is 16.5. The fourth-order valence-corrected chi connectivity index (χ4v) is 3.80. The number of nitrogens with two attached hydrogens (primary N) is 1. The van der Waals surface area contributed by atoms with Crippen LogP contribution >= 0.6 is 0 Å². The fraction of sp³-hybridized carbons (Fsp3) is 0.647. The summed E-state index contributed by atoms with van der Waals surface area (Å²) >= 11 is 0. The van der Waals surface area contributed by atoms with E-state index >= 15 is 0 Å². The smallest absolute Gasteiger partial charge is 0.0776 e. The predicted molar refractivity (Wildman–Crippen MR) is 81.3 cm³/mol. The minimum absolute atomic E-state index is 0.197. The second-order valence-electron chi connectivity index (χ2n) is 7.00. The highest BCUT2D eigenvalue weighted by Crippen LogP contribution is 2.65. The molecule has 3 nitrogen and oxygen atoms in total. The number of ether oxygens (including phenoxy) is 1. The third kappa shape index (κ3) is 2.39. The monoisotopic (exact) mass is 274 g/mol. The fourth-order valence-electron chi connectivity index (χ4n) is 3.80. The molecule has 0 radical (unpaired) electrons. The summed E-state index contributed by atoms with van der Waals surface area (Å²) in [5, 5.41) is 0. The van der Waals surface area contributed by atoms with E-state index < -0.39 is 0 Å². The van der Waals surface area contributed by atoms with Crippen LogP contribution in [-0.4, -0.2) is 37.2 Å². The van der Waals surface area contributed by atoms with E-state index in [0.29, 0.717) is 11.5 Å². The number of nitrogens with zero attached hydrogens (tertiary/aromatic N) is 1. The molecule has 1 aliphatic heterocycles. The SMILES string of the molecule is CC1(C)CC1(CN)C1CN(Cc2ccccc2)CCO1. The van der Waals surface area contributed by atoms with Crippen molar-refractivity contribution in [2.45, 2.75) is 32.9 Å². The Bertz CT molecular complexity index is 459. The summed E-state index contributed by atoms with van der Waals surface area (Å²) in [6.07, 6.45) is 1.49. The summed E-state index contributed by atoms with van der Waals surface area (Å²) in [7, 11) is 0. The van der Waals surface area contributed by atoms with Crippen LogP contribution in [0.5, 0.6) is 0 Å². The van der Waals surface area contributed by atoms with Crippen molar-refractivity contribution in [1.29, 1.82) is 0 Å². The van der Waals surface area contributed by atoms with Gasteiger partial charge >= 0.3 is 0 Å². The van der Waals surface area contributed by atoms with Crippen molar-refractivity contribution in [3.05, 3.63) is 35.9 Å². The Morgan fingerprint density at radius 2 is 2.00 bits per heavy atom. The van der Waals surface area contributed by atoms with Gasteiger partial charge in [0.2, 0.25) is 0 Å². The Morgan fingerprint density at radius 3 is 2.60 bits per heavy atom. The van der Waals surface area contributed by atoms with Gasteiger partial charge in [-0.25, -0.2) is 0 Å². The molecule has 0 bridgehead atoms. The van der Waals surface area contributed by atoms with Crippen LogP contribution in [0.15, 0.2) is 30.3 Å². The van der Waals surface area contributed by atoms with E-state index in [0.717, 1.165) is 32.8 Å². The molecule has 2 unspecified atom stereocenters. The van der Waals surface area contributed by atoms with E-state index in [-0.39, 0.29) is 5.41 Å². The van der Waals surface area contributed by atoms with Crippen molar-refractivity contribution < 1.29 is 4.74 Å².